The van der Waals surface area contributed by atoms with Gasteiger partial charge in [-0.1, -0.05) is 59.9 Å². The predicted octanol–water partition coefficient (Wildman–Crippen LogP) is 4.40. The molecule has 5 nitrogen and oxygen atoms in total. The number of pyridine rings is 1. The highest BCUT2D eigenvalue weighted by Gasteiger charge is 2.26. The summed E-state index contributed by atoms with van der Waals surface area (Å²) in [5.41, 5.74) is 1.98. The number of carbonyl (C=O) groups excluding carboxylic acids is 1. The fourth-order valence-electron chi connectivity index (χ4n) is 4.20. The van der Waals surface area contributed by atoms with Crippen LogP contribution in [0.4, 0.5) is 5.00 Å². The highest BCUT2D eigenvalue weighted by Crippen LogP contribution is 2.38. The summed E-state index contributed by atoms with van der Waals surface area (Å²) in [4.78, 5) is 29.5. The molecule has 156 valence electrons. The van der Waals surface area contributed by atoms with Gasteiger partial charge in [-0.3, -0.25) is 14.2 Å². The van der Waals surface area contributed by atoms with Crippen LogP contribution in [-0.2, 0) is 0 Å². The molecule has 1 aliphatic heterocycles. The molecule has 5 rings (SSSR count). The lowest BCUT2D eigenvalue weighted by molar-refractivity contribution is 0.104. The molecule has 2 aromatic carbocycles. The molecule has 2 aromatic heterocycles. The second-order valence-corrected chi connectivity index (χ2v) is 8.95. The van der Waals surface area contributed by atoms with E-state index < -0.39 is 0 Å². The molecule has 0 aliphatic carbocycles. The van der Waals surface area contributed by atoms with Gasteiger partial charge in [0.15, 0.2) is 5.78 Å². The number of carbonyl (C=O) groups is 1. The zero-order valence-electron chi connectivity index (χ0n) is 17.2. The van der Waals surface area contributed by atoms with Crippen LogP contribution in [0.25, 0.3) is 15.9 Å². The van der Waals surface area contributed by atoms with Crippen LogP contribution in [0.15, 0.2) is 77.6 Å². The summed E-state index contributed by atoms with van der Waals surface area (Å²) in [6, 6.07) is 22.5. The Hall–Kier alpha value is -3.22. The number of fused-ring (bicyclic) bond motifs is 1. The van der Waals surface area contributed by atoms with Crippen molar-refractivity contribution in [3.05, 3.63) is 94.3 Å². The van der Waals surface area contributed by atoms with E-state index in [1.807, 2.05) is 60.7 Å². The van der Waals surface area contributed by atoms with Crippen molar-refractivity contribution in [3.63, 3.8) is 0 Å². The first-order valence-corrected chi connectivity index (χ1v) is 11.2. The number of hydrogen-bond donors (Lipinski definition) is 1. The molecule has 3 heterocycles. The van der Waals surface area contributed by atoms with E-state index >= 15 is 0 Å². The minimum Gasteiger partial charge on any atom is -0.372 e. The molecular weight excluding hydrogens is 406 g/mol. The number of ketones is 1. The van der Waals surface area contributed by atoms with E-state index in [1.54, 1.807) is 16.7 Å². The fourth-order valence-corrected chi connectivity index (χ4v) is 5.49. The van der Waals surface area contributed by atoms with Gasteiger partial charge in [0, 0.05) is 29.6 Å². The van der Waals surface area contributed by atoms with Crippen LogP contribution in [0.2, 0.25) is 0 Å². The number of rotatable bonds is 5. The maximum atomic E-state index is 13.6. The Morgan fingerprint density at radius 2 is 1.71 bits per heavy atom. The topological polar surface area (TPSA) is 54.3 Å². The Labute approximate surface area is 184 Å². The van der Waals surface area contributed by atoms with Crippen molar-refractivity contribution in [3.8, 4) is 5.69 Å². The Kier molecular flexibility index (Phi) is 5.18. The Morgan fingerprint density at radius 1 is 1.00 bits per heavy atom. The van der Waals surface area contributed by atoms with E-state index in [1.165, 1.54) is 11.3 Å². The second kappa shape index (κ2) is 8.13. The normalized spacial score (nSPS) is 16.6. The lowest BCUT2D eigenvalue weighted by Gasteiger charge is -2.14. The first-order valence-electron chi connectivity index (χ1n) is 10.4. The minimum atomic E-state index is -0.106. The number of para-hydroxylation sites is 1. The van der Waals surface area contributed by atoms with Gasteiger partial charge in [-0.2, -0.15) is 0 Å². The Bertz CT molecular complexity index is 1300. The number of likely N-dealkylation sites (N-methyl/N-ethyl adjacent to an activating group) is 1. The summed E-state index contributed by atoms with van der Waals surface area (Å²) in [5.74, 6) is -0.0287. The maximum absolute atomic E-state index is 13.6. The highest BCUT2D eigenvalue weighted by atomic mass is 32.1. The molecule has 4 aromatic rings. The van der Waals surface area contributed by atoms with Crippen LogP contribution in [0, 0.1) is 0 Å². The molecular formula is C25H23N3O2S. The summed E-state index contributed by atoms with van der Waals surface area (Å²) >= 11 is 1.48. The van der Waals surface area contributed by atoms with Crippen molar-refractivity contribution in [2.75, 3.05) is 25.5 Å². The van der Waals surface area contributed by atoms with Crippen molar-refractivity contribution in [2.24, 2.45) is 0 Å². The third-order valence-electron chi connectivity index (χ3n) is 5.75. The SMILES string of the molecule is CN1CC[C@H](Nc2sc3c(ccc(=O)n3-c3ccccc3)c2C(=O)c2ccccc2)C1. The summed E-state index contributed by atoms with van der Waals surface area (Å²) in [6.45, 7) is 1.96. The molecule has 0 spiro atoms. The lowest BCUT2D eigenvalue weighted by atomic mass is 10.0. The molecule has 1 N–H and O–H groups in total. The van der Waals surface area contributed by atoms with Crippen LogP contribution in [0.1, 0.15) is 22.3 Å². The third-order valence-corrected chi connectivity index (χ3v) is 6.87. The second-order valence-electron chi connectivity index (χ2n) is 7.95. The summed E-state index contributed by atoms with van der Waals surface area (Å²) in [6.07, 6.45) is 1.02. The van der Waals surface area contributed by atoms with Gasteiger partial charge in [0.05, 0.1) is 11.3 Å². The smallest absolute Gasteiger partial charge is 0.256 e. The number of thiophene rings is 1. The number of anilines is 1. The van der Waals surface area contributed by atoms with Crippen LogP contribution >= 0.6 is 11.3 Å². The standard InChI is InChI=1S/C25H23N3O2S/c1-27-15-14-18(16-27)26-24-22(23(30)17-8-4-2-5-9-17)20-12-13-21(29)28(25(20)31-24)19-10-6-3-7-11-19/h2-13,18,26H,14-16H2,1H3/t18-/m0/s1. The van der Waals surface area contributed by atoms with E-state index in [9.17, 15) is 9.59 Å². The van der Waals surface area contributed by atoms with Crippen molar-refractivity contribution < 1.29 is 4.79 Å². The lowest BCUT2D eigenvalue weighted by Crippen LogP contribution is -2.23. The Morgan fingerprint density at radius 3 is 2.39 bits per heavy atom. The molecule has 0 amide bonds. The molecule has 1 saturated heterocycles. The van der Waals surface area contributed by atoms with Crippen molar-refractivity contribution in [1.29, 1.82) is 0 Å². The summed E-state index contributed by atoms with van der Waals surface area (Å²) in [5, 5.41) is 5.25. The van der Waals surface area contributed by atoms with Gasteiger partial charge in [-0.25, -0.2) is 0 Å². The van der Waals surface area contributed by atoms with E-state index in [-0.39, 0.29) is 17.4 Å². The fraction of sp³-hybridized carbons (Fsp3) is 0.200. The summed E-state index contributed by atoms with van der Waals surface area (Å²) < 4.78 is 1.70. The molecule has 31 heavy (non-hydrogen) atoms. The summed E-state index contributed by atoms with van der Waals surface area (Å²) in [7, 11) is 2.11. The molecule has 1 aliphatic rings. The van der Waals surface area contributed by atoms with Gasteiger partial charge in [-0.15, -0.1) is 0 Å². The minimum absolute atomic E-state index is 0.0287. The molecule has 1 atom stereocenters. The van der Waals surface area contributed by atoms with Gasteiger partial charge in [0.25, 0.3) is 5.56 Å². The van der Waals surface area contributed by atoms with Crippen LogP contribution in [-0.4, -0.2) is 41.4 Å². The number of likely N-dealkylation sites (tertiary alicyclic amines) is 1. The first-order chi connectivity index (χ1) is 15.1. The monoisotopic (exact) mass is 429 g/mol. The zero-order valence-corrected chi connectivity index (χ0v) is 18.1. The quantitative estimate of drug-likeness (QED) is 0.478. The predicted molar refractivity (Wildman–Crippen MR) is 127 cm³/mol. The number of benzene rings is 2. The maximum Gasteiger partial charge on any atom is 0.256 e. The van der Waals surface area contributed by atoms with Crippen LogP contribution in [0.3, 0.4) is 0 Å². The van der Waals surface area contributed by atoms with Crippen molar-refractivity contribution in [1.82, 2.24) is 9.47 Å². The third kappa shape index (κ3) is 3.69. The van der Waals surface area contributed by atoms with Gasteiger partial charge in [-0.05, 0) is 38.2 Å². The van der Waals surface area contributed by atoms with Gasteiger partial charge in [0.1, 0.15) is 9.83 Å². The average molecular weight is 430 g/mol. The number of aromatic nitrogens is 1. The van der Waals surface area contributed by atoms with E-state index in [2.05, 4.69) is 17.3 Å². The van der Waals surface area contributed by atoms with E-state index in [0.29, 0.717) is 11.1 Å². The molecule has 0 unspecified atom stereocenters. The number of nitrogens with one attached hydrogen (secondary N) is 1. The van der Waals surface area contributed by atoms with Gasteiger partial charge < -0.3 is 10.2 Å². The largest absolute Gasteiger partial charge is 0.372 e. The van der Waals surface area contributed by atoms with Crippen molar-refractivity contribution in [2.45, 2.75) is 12.5 Å². The van der Waals surface area contributed by atoms with E-state index in [0.717, 1.165) is 40.4 Å². The highest BCUT2D eigenvalue weighted by molar-refractivity contribution is 7.23. The first kappa shape index (κ1) is 19.7. The molecule has 0 radical (unpaired) electrons. The van der Waals surface area contributed by atoms with Crippen LogP contribution in [0.5, 0.6) is 0 Å². The van der Waals surface area contributed by atoms with Crippen molar-refractivity contribution >= 4 is 32.3 Å². The van der Waals surface area contributed by atoms with E-state index in [4.69, 9.17) is 0 Å². The molecule has 1 fully saturated rings. The Balaban J connectivity index is 1.71. The average Bonchev–Trinajstić information content (AvgIpc) is 3.37. The zero-order chi connectivity index (χ0) is 21.4. The van der Waals surface area contributed by atoms with Crippen LogP contribution < -0.4 is 10.9 Å². The molecule has 0 bridgehead atoms. The molecule has 0 saturated carbocycles. The van der Waals surface area contributed by atoms with Gasteiger partial charge in [0.2, 0.25) is 0 Å². The molecule has 6 heteroatoms. The number of nitrogens with zero attached hydrogens (tertiary/aromatic N) is 2. The number of hydrogen-bond acceptors (Lipinski definition) is 5. The van der Waals surface area contributed by atoms with Gasteiger partial charge >= 0.3 is 0 Å².